The van der Waals surface area contributed by atoms with Crippen LogP contribution in [0.25, 0.3) is 0 Å². The molecule has 0 saturated heterocycles. The van der Waals surface area contributed by atoms with Crippen molar-refractivity contribution in [2.45, 2.75) is 58.3 Å². The van der Waals surface area contributed by atoms with Crippen molar-refractivity contribution in [3.63, 3.8) is 0 Å². The Hall–Kier alpha value is -2.52. The number of carboxylic acids is 1. The number of hydrogen-bond donors (Lipinski definition) is 2. The molecule has 1 amide bonds. The summed E-state index contributed by atoms with van der Waals surface area (Å²) < 4.78 is 70.8. The quantitative estimate of drug-likeness (QED) is 0.0902. The highest BCUT2D eigenvalue weighted by atomic mass is 16.6. The Morgan fingerprint density at radius 2 is 0.783 bits per heavy atom. The fraction of sp³-hybridized carbons (Fsp3) is 0.814. The molecule has 0 heterocycles. The molecule has 0 unspecified atom stereocenters. The maximum absolute atomic E-state index is 11.4. The van der Waals surface area contributed by atoms with Crippen LogP contribution in [0.3, 0.4) is 0 Å². The minimum absolute atomic E-state index is 0.299. The number of ether oxygens (including phenoxy) is 13. The number of hydrogen-bond acceptors (Lipinski definition) is 15. The molecular formula is C43H77NO16. The summed E-state index contributed by atoms with van der Waals surface area (Å²) in [5.74, 6) is -0.644. The van der Waals surface area contributed by atoms with E-state index < -0.39 is 18.5 Å². The second-order valence-electron chi connectivity index (χ2n) is 13.3. The number of carboxylic acid groups (broad SMARTS) is 1. The van der Waals surface area contributed by atoms with E-state index in [0.717, 1.165) is 12.2 Å². The van der Waals surface area contributed by atoms with E-state index in [4.69, 9.17) is 61.9 Å². The van der Waals surface area contributed by atoms with Gasteiger partial charge < -0.3 is 72.0 Å². The lowest BCUT2D eigenvalue weighted by Crippen LogP contribution is -2.31. The Bertz CT molecular complexity index is 1050. The molecule has 0 aliphatic heterocycles. The predicted molar refractivity (Wildman–Crippen MR) is 224 cm³/mol. The van der Waals surface area contributed by atoms with Crippen LogP contribution in [0.4, 0.5) is 0 Å². The molecule has 0 fully saturated rings. The second kappa shape index (κ2) is 46.0. The number of rotatable bonds is 49. The SMILES string of the molecule is CCCCCCCCCc1ccc(OCCOCCOCCOCCOCCOCCOCCOCCOCCOCCOCCOCCNC(=O)COCC(=O)O)cc1. The summed E-state index contributed by atoms with van der Waals surface area (Å²) in [4.78, 5) is 21.7. The first-order valence-electron chi connectivity index (χ1n) is 21.7. The molecule has 0 radical (unpaired) electrons. The average Bonchev–Trinajstić information content (AvgIpc) is 3.24. The number of carbonyl (C=O) groups is 2. The Morgan fingerprint density at radius 3 is 1.17 bits per heavy atom. The van der Waals surface area contributed by atoms with Gasteiger partial charge in [0.05, 0.1) is 145 Å². The molecule has 0 bridgehead atoms. The van der Waals surface area contributed by atoms with Crippen LogP contribution in [0.2, 0.25) is 0 Å². The van der Waals surface area contributed by atoms with E-state index >= 15 is 0 Å². The number of unbranched alkanes of at least 4 members (excludes halogenated alkanes) is 6. The molecule has 350 valence electrons. The van der Waals surface area contributed by atoms with Crippen LogP contribution in [0.5, 0.6) is 5.75 Å². The molecule has 2 N–H and O–H groups in total. The third-order valence-corrected chi connectivity index (χ3v) is 8.24. The van der Waals surface area contributed by atoms with Crippen molar-refractivity contribution < 1.29 is 76.3 Å². The summed E-state index contributed by atoms with van der Waals surface area (Å²) in [6.45, 7) is 12.6. The third-order valence-electron chi connectivity index (χ3n) is 8.24. The normalized spacial score (nSPS) is 11.3. The first-order chi connectivity index (χ1) is 29.6. The van der Waals surface area contributed by atoms with Crippen LogP contribution in [0.1, 0.15) is 57.4 Å². The van der Waals surface area contributed by atoms with Gasteiger partial charge in [-0.1, -0.05) is 57.6 Å². The third kappa shape index (κ3) is 42.2. The largest absolute Gasteiger partial charge is 0.491 e. The van der Waals surface area contributed by atoms with Crippen LogP contribution in [0.15, 0.2) is 24.3 Å². The van der Waals surface area contributed by atoms with Crippen molar-refractivity contribution >= 4 is 11.9 Å². The van der Waals surface area contributed by atoms with E-state index in [1.807, 2.05) is 12.1 Å². The van der Waals surface area contributed by atoms with E-state index in [9.17, 15) is 9.59 Å². The zero-order valence-corrected chi connectivity index (χ0v) is 36.4. The molecule has 17 heteroatoms. The lowest BCUT2D eigenvalue weighted by molar-refractivity contribution is -0.143. The topological polar surface area (TPSA) is 186 Å². The lowest BCUT2D eigenvalue weighted by atomic mass is 10.0. The fourth-order valence-corrected chi connectivity index (χ4v) is 5.10. The van der Waals surface area contributed by atoms with Crippen molar-refractivity contribution in [2.24, 2.45) is 0 Å². The van der Waals surface area contributed by atoms with Crippen LogP contribution >= 0.6 is 0 Å². The van der Waals surface area contributed by atoms with Crippen molar-refractivity contribution in [3.05, 3.63) is 29.8 Å². The molecular weight excluding hydrogens is 786 g/mol. The van der Waals surface area contributed by atoms with Crippen molar-refractivity contribution in [3.8, 4) is 5.75 Å². The first kappa shape index (κ1) is 55.5. The average molecular weight is 864 g/mol. The number of benzene rings is 1. The molecule has 0 spiro atoms. The maximum atomic E-state index is 11.4. The number of aliphatic carboxylic acids is 1. The molecule has 0 atom stereocenters. The van der Waals surface area contributed by atoms with Crippen molar-refractivity contribution in [2.75, 3.05) is 172 Å². The second-order valence-corrected chi connectivity index (χ2v) is 13.3. The zero-order valence-electron chi connectivity index (χ0n) is 36.4. The van der Waals surface area contributed by atoms with E-state index in [-0.39, 0.29) is 6.61 Å². The highest BCUT2D eigenvalue weighted by Gasteiger charge is 2.03. The van der Waals surface area contributed by atoms with E-state index in [2.05, 4.69) is 29.1 Å². The van der Waals surface area contributed by atoms with Crippen LogP contribution in [0, 0.1) is 0 Å². The highest BCUT2D eigenvalue weighted by Crippen LogP contribution is 2.15. The Kier molecular flexibility index (Phi) is 42.5. The Balaban J connectivity index is 1.67. The van der Waals surface area contributed by atoms with Crippen LogP contribution < -0.4 is 10.1 Å². The predicted octanol–water partition coefficient (Wildman–Crippen LogP) is 3.76. The summed E-state index contributed by atoms with van der Waals surface area (Å²) in [6, 6.07) is 8.43. The standard InChI is InChI=1S/C43H77NO16/c1-2-3-4-5-6-7-8-9-40-10-12-41(13-11-40)60-37-36-58-35-34-57-33-32-56-31-30-55-29-28-54-27-26-53-25-24-52-23-22-51-21-20-50-19-18-49-17-16-48-15-14-44-42(45)38-59-39-43(46)47/h10-13H,2-9,14-39H2,1H3,(H,44,45)(H,46,47). The number of amides is 1. The zero-order chi connectivity index (χ0) is 43.1. The molecule has 1 aromatic rings. The van der Waals surface area contributed by atoms with Gasteiger partial charge in [-0.3, -0.25) is 4.79 Å². The molecule has 17 nitrogen and oxygen atoms in total. The van der Waals surface area contributed by atoms with Gasteiger partial charge in [0.25, 0.3) is 0 Å². The van der Waals surface area contributed by atoms with Gasteiger partial charge in [-0.25, -0.2) is 4.79 Å². The van der Waals surface area contributed by atoms with E-state index in [1.165, 1.54) is 50.5 Å². The first-order valence-corrected chi connectivity index (χ1v) is 21.7. The van der Waals surface area contributed by atoms with Gasteiger partial charge in [0.15, 0.2) is 0 Å². The summed E-state index contributed by atoms with van der Waals surface area (Å²) in [5.41, 5.74) is 1.37. The molecule has 0 saturated carbocycles. The molecule has 0 aliphatic rings. The highest BCUT2D eigenvalue weighted by molar-refractivity contribution is 5.77. The van der Waals surface area contributed by atoms with Crippen LogP contribution in [-0.2, 0) is 72.9 Å². The van der Waals surface area contributed by atoms with Crippen LogP contribution in [-0.4, -0.2) is 189 Å². The summed E-state index contributed by atoms with van der Waals surface area (Å²) >= 11 is 0. The van der Waals surface area contributed by atoms with Gasteiger partial charge >= 0.3 is 5.97 Å². The number of carbonyl (C=O) groups excluding carboxylic acids is 1. The number of aryl methyl sites for hydroxylation is 1. The minimum Gasteiger partial charge on any atom is -0.491 e. The van der Waals surface area contributed by atoms with Gasteiger partial charge in [-0.15, -0.1) is 0 Å². The maximum Gasteiger partial charge on any atom is 0.329 e. The molecule has 1 rings (SSSR count). The van der Waals surface area contributed by atoms with E-state index in [0.29, 0.717) is 159 Å². The summed E-state index contributed by atoms with van der Waals surface area (Å²) in [6.07, 6.45) is 10.5. The van der Waals surface area contributed by atoms with Gasteiger partial charge in [0, 0.05) is 6.54 Å². The van der Waals surface area contributed by atoms with Gasteiger partial charge in [-0.2, -0.15) is 0 Å². The smallest absolute Gasteiger partial charge is 0.329 e. The number of nitrogens with one attached hydrogen (secondary N) is 1. The molecule has 1 aromatic carbocycles. The van der Waals surface area contributed by atoms with Crippen molar-refractivity contribution in [1.82, 2.24) is 5.32 Å². The monoisotopic (exact) mass is 864 g/mol. The fourth-order valence-electron chi connectivity index (χ4n) is 5.10. The molecule has 60 heavy (non-hydrogen) atoms. The van der Waals surface area contributed by atoms with Gasteiger partial charge in [0.1, 0.15) is 25.6 Å². The van der Waals surface area contributed by atoms with Gasteiger partial charge in [0.2, 0.25) is 5.91 Å². The molecule has 0 aliphatic carbocycles. The molecule has 0 aromatic heterocycles. The minimum atomic E-state index is -1.12. The summed E-state index contributed by atoms with van der Waals surface area (Å²) in [5, 5.41) is 11.0. The van der Waals surface area contributed by atoms with E-state index in [1.54, 1.807) is 0 Å². The Labute approximate surface area is 358 Å². The van der Waals surface area contributed by atoms with Crippen molar-refractivity contribution in [1.29, 1.82) is 0 Å². The lowest BCUT2D eigenvalue weighted by Gasteiger charge is -2.09. The van der Waals surface area contributed by atoms with Gasteiger partial charge in [-0.05, 0) is 30.5 Å². The Morgan fingerprint density at radius 1 is 0.433 bits per heavy atom. The summed E-state index contributed by atoms with van der Waals surface area (Å²) in [7, 11) is 0.